The minimum atomic E-state index is -0.489. The molecule has 6 nitrogen and oxygen atoms in total. The quantitative estimate of drug-likeness (QED) is 0.903. The Bertz CT molecular complexity index is 697. The van der Waals surface area contributed by atoms with Gasteiger partial charge in [-0.15, -0.1) is 0 Å². The summed E-state index contributed by atoms with van der Waals surface area (Å²) in [6, 6.07) is 9.17. The number of carbonyl (C=O) groups excluding carboxylic acids is 2. The number of fused-ring (bicyclic) bond motifs is 1. The molecule has 1 aromatic carbocycles. The molecule has 0 bridgehead atoms. The van der Waals surface area contributed by atoms with Crippen molar-refractivity contribution >= 4 is 22.9 Å². The fourth-order valence-electron chi connectivity index (χ4n) is 2.33. The van der Waals surface area contributed by atoms with E-state index in [0.29, 0.717) is 0 Å². The Morgan fingerprint density at radius 2 is 1.92 bits per heavy atom. The third-order valence-electron chi connectivity index (χ3n) is 3.65. The van der Waals surface area contributed by atoms with E-state index in [-0.39, 0.29) is 18.5 Å². The molecule has 2 aromatic rings. The second-order valence-corrected chi connectivity index (χ2v) is 7.03. The normalized spacial score (nSPS) is 13.1. The van der Waals surface area contributed by atoms with Gasteiger partial charge >= 0.3 is 6.03 Å². The molecule has 130 valence electrons. The van der Waals surface area contributed by atoms with Gasteiger partial charge in [0.05, 0.1) is 12.6 Å². The van der Waals surface area contributed by atoms with Gasteiger partial charge in [0.25, 0.3) is 0 Å². The predicted molar refractivity (Wildman–Crippen MR) is 93.7 cm³/mol. The van der Waals surface area contributed by atoms with Crippen LogP contribution in [-0.4, -0.2) is 36.0 Å². The molecule has 3 amide bonds. The fraction of sp³-hybridized carbons (Fsp3) is 0.444. The van der Waals surface area contributed by atoms with E-state index in [1.165, 1.54) is 0 Å². The summed E-state index contributed by atoms with van der Waals surface area (Å²) in [6.45, 7) is 7.61. The summed E-state index contributed by atoms with van der Waals surface area (Å²) in [4.78, 5) is 25.6. The second-order valence-electron chi connectivity index (χ2n) is 7.03. The fourth-order valence-corrected chi connectivity index (χ4v) is 2.33. The number of nitrogens with zero attached hydrogens (tertiary/aromatic N) is 1. The van der Waals surface area contributed by atoms with Crippen LogP contribution in [0.4, 0.5) is 4.79 Å². The first kappa shape index (κ1) is 18.0. The van der Waals surface area contributed by atoms with Gasteiger partial charge in [-0.2, -0.15) is 0 Å². The Labute approximate surface area is 142 Å². The molecule has 2 rings (SSSR count). The Kier molecular flexibility index (Phi) is 5.29. The molecule has 0 saturated carbocycles. The largest absolute Gasteiger partial charge is 0.459 e. The van der Waals surface area contributed by atoms with Crippen molar-refractivity contribution in [3.05, 3.63) is 36.1 Å². The van der Waals surface area contributed by atoms with Crippen molar-refractivity contribution in [2.24, 2.45) is 0 Å². The van der Waals surface area contributed by atoms with Crippen LogP contribution < -0.4 is 10.6 Å². The number of imide groups is 1. The molecule has 0 fully saturated rings. The maximum Gasteiger partial charge on any atom is 0.321 e. The molecule has 0 saturated heterocycles. The van der Waals surface area contributed by atoms with Crippen LogP contribution in [0, 0.1) is 0 Å². The van der Waals surface area contributed by atoms with Crippen LogP contribution in [0.25, 0.3) is 11.0 Å². The van der Waals surface area contributed by atoms with Crippen molar-refractivity contribution in [2.75, 3.05) is 13.6 Å². The number of para-hydroxylation sites is 1. The molecule has 2 N–H and O–H groups in total. The summed E-state index contributed by atoms with van der Waals surface area (Å²) in [5.41, 5.74) is 0.430. The number of likely N-dealkylation sites (N-methyl/N-ethyl adjacent to an activating group) is 1. The van der Waals surface area contributed by atoms with E-state index in [4.69, 9.17) is 4.42 Å². The van der Waals surface area contributed by atoms with Gasteiger partial charge in [0, 0.05) is 10.9 Å². The van der Waals surface area contributed by atoms with Gasteiger partial charge in [-0.25, -0.2) is 4.79 Å². The SMILES string of the molecule is CC(c1cc2ccccc2o1)N(C)CC(=O)NC(=O)NC(C)(C)C. The molecular formula is C18H25N3O3. The molecule has 1 heterocycles. The van der Waals surface area contributed by atoms with Crippen molar-refractivity contribution in [2.45, 2.75) is 39.3 Å². The van der Waals surface area contributed by atoms with E-state index in [9.17, 15) is 9.59 Å². The third-order valence-corrected chi connectivity index (χ3v) is 3.65. The molecule has 24 heavy (non-hydrogen) atoms. The number of amides is 3. The van der Waals surface area contributed by atoms with Crippen molar-refractivity contribution in [3.63, 3.8) is 0 Å². The summed E-state index contributed by atoms with van der Waals surface area (Å²) < 4.78 is 5.83. The summed E-state index contributed by atoms with van der Waals surface area (Å²) >= 11 is 0. The zero-order valence-corrected chi connectivity index (χ0v) is 14.8. The van der Waals surface area contributed by atoms with Gasteiger partial charge in [-0.1, -0.05) is 18.2 Å². The van der Waals surface area contributed by atoms with Crippen molar-refractivity contribution in [3.8, 4) is 0 Å². The van der Waals surface area contributed by atoms with E-state index >= 15 is 0 Å². The lowest BCUT2D eigenvalue weighted by molar-refractivity contribution is -0.121. The number of furan rings is 1. The molecule has 1 aromatic heterocycles. The average molecular weight is 331 g/mol. The standard InChI is InChI=1S/C18H25N3O3/c1-12(15-10-13-8-6-7-9-14(13)24-15)21(5)11-16(22)19-17(23)20-18(2,3)4/h6-10,12H,11H2,1-5H3,(H2,19,20,22,23). The number of urea groups is 1. The van der Waals surface area contributed by atoms with Crippen molar-refractivity contribution < 1.29 is 14.0 Å². The van der Waals surface area contributed by atoms with Crippen LogP contribution >= 0.6 is 0 Å². The van der Waals surface area contributed by atoms with E-state index in [1.54, 1.807) is 0 Å². The molecule has 0 aliphatic carbocycles. The lowest BCUT2D eigenvalue weighted by Gasteiger charge is -2.23. The summed E-state index contributed by atoms with van der Waals surface area (Å²) in [6.07, 6.45) is 0. The number of carbonyl (C=O) groups is 2. The Hall–Kier alpha value is -2.34. The molecule has 1 unspecified atom stereocenters. The molecular weight excluding hydrogens is 306 g/mol. The van der Waals surface area contributed by atoms with Crippen molar-refractivity contribution in [1.82, 2.24) is 15.5 Å². The molecule has 1 atom stereocenters. The summed E-state index contributed by atoms with van der Waals surface area (Å²) in [5, 5.41) is 6.06. The van der Waals surface area contributed by atoms with E-state index in [1.807, 2.05) is 70.0 Å². The molecule has 0 aliphatic rings. The van der Waals surface area contributed by atoms with Crippen LogP contribution in [-0.2, 0) is 4.79 Å². The van der Waals surface area contributed by atoms with E-state index in [2.05, 4.69) is 10.6 Å². The molecule has 0 aliphatic heterocycles. The summed E-state index contributed by atoms with van der Waals surface area (Å²) in [5.74, 6) is 0.424. The monoisotopic (exact) mass is 331 g/mol. The van der Waals surface area contributed by atoms with E-state index < -0.39 is 11.6 Å². The first-order chi connectivity index (χ1) is 11.2. The molecule has 0 spiro atoms. The molecule has 6 heteroatoms. The Morgan fingerprint density at radius 1 is 1.25 bits per heavy atom. The Morgan fingerprint density at radius 3 is 2.54 bits per heavy atom. The maximum atomic E-state index is 12.0. The topological polar surface area (TPSA) is 74.6 Å². The van der Waals surface area contributed by atoms with Crippen LogP contribution in [0.1, 0.15) is 39.5 Å². The first-order valence-electron chi connectivity index (χ1n) is 7.96. The highest BCUT2D eigenvalue weighted by atomic mass is 16.3. The number of rotatable bonds is 4. The van der Waals surface area contributed by atoms with Gasteiger partial charge in [-0.3, -0.25) is 15.0 Å². The Balaban J connectivity index is 1.94. The molecule has 0 radical (unpaired) electrons. The lowest BCUT2D eigenvalue weighted by atomic mass is 10.1. The van der Waals surface area contributed by atoms with Gasteiger partial charge in [0.2, 0.25) is 5.91 Å². The summed E-state index contributed by atoms with van der Waals surface area (Å²) in [7, 11) is 1.82. The van der Waals surface area contributed by atoms with Crippen LogP contribution in [0.5, 0.6) is 0 Å². The second kappa shape index (κ2) is 7.05. The number of hydrogen-bond acceptors (Lipinski definition) is 4. The highest BCUT2D eigenvalue weighted by Gasteiger charge is 2.20. The smallest absolute Gasteiger partial charge is 0.321 e. The maximum absolute atomic E-state index is 12.0. The van der Waals surface area contributed by atoms with Crippen LogP contribution in [0.3, 0.4) is 0 Å². The highest BCUT2D eigenvalue weighted by molar-refractivity contribution is 5.95. The van der Waals surface area contributed by atoms with Gasteiger partial charge in [0.15, 0.2) is 0 Å². The number of hydrogen-bond donors (Lipinski definition) is 2. The predicted octanol–water partition coefficient (Wildman–Crippen LogP) is 3.05. The van der Waals surface area contributed by atoms with Gasteiger partial charge in [0.1, 0.15) is 11.3 Å². The first-order valence-corrected chi connectivity index (χ1v) is 7.96. The zero-order valence-electron chi connectivity index (χ0n) is 14.8. The van der Waals surface area contributed by atoms with Crippen LogP contribution in [0.15, 0.2) is 34.7 Å². The van der Waals surface area contributed by atoms with Gasteiger partial charge < -0.3 is 9.73 Å². The van der Waals surface area contributed by atoms with Gasteiger partial charge in [-0.05, 0) is 46.9 Å². The highest BCUT2D eigenvalue weighted by Crippen LogP contribution is 2.26. The lowest BCUT2D eigenvalue weighted by Crippen LogP contribution is -2.50. The minimum absolute atomic E-state index is 0.0890. The van der Waals surface area contributed by atoms with E-state index in [0.717, 1.165) is 16.7 Å². The van der Waals surface area contributed by atoms with Crippen LogP contribution in [0.2, 0.25) is 0 Å². The number of benzene rings is 1. The zero-order chi connectivity index (χ0) is 17.9. The number of nitrogens with one attached hydrogen (secondary N) is 2. The van der Waals surface area contributed by atoms with Crippen molar-refractivity contribution in [1.29, 1.82) is 0 Å². The average Bonchev–Trinajstić information content (AvgIpc) is 2.87. The third kappa shape index (κ3) is 4.83. The minimum Gasteiger partial charge on any atom is -0.459 e.